The molecule has 3 heterocycles. The van der Waals surface area contributed by atoms with Crippen LogP contribution in [-0.2, 0) is 14.3 Å². The minimum Gasteiger partial charge on any atom is -0.466 e. The van der Waals surface area contributed by atoms with Crippen LogP contribution in [0.25, 0.3) is 0 Å². The van der Waals surface area contributed by atoms with Crippen molar-refractivity contribution in [2.45, 2.75) is 24.8 Å². The number of amides is 3. The number of likely N-dealkylation sites (tertiary alicyclic amines) is 1. The lowest BCUT2D eigenvalue weighted by Crippen LogP contribution is -2.52. The molecule has 4 rings (SSSR count). The van der Waals surface area contributed by atoms with Gasteiger partial charge in [0.1, 0.15) is 5.54 Å². The first kappa shape index (κ1) is 18.5. The van der Waals surface area contributed by atoms with Crippen molar-refractivity contribution >= 4 is 17.9 Å². The highest BCUT2D eigenvalue weighted by Crippen LogP contribution is 2.43. The first-order chi connectivity index (χ1) is 13.4. The summed E-state index contributed by atoms with van der Waals surface area (Å²) in [6, 6.07) is 5.12. The largest absolute Gasteiger partial charge is 0.466 e. The van der Waals surface area contributed by atoms with Gasteiger partial charge < -0.3 is 24.4 Å². The summed E-state index contributed by atoms with van der Waals surface area (Å²) in [6.07, 6.45) is -0.0202. The van der Waals surface area contributed by atoms with E-state index in [1.807, 2.05) is 30.1 Å². The molecule has 9 heteroatoms. The van der Waals surface area contributed by atoms with Crippen molar-refractivity contribution in [3.8, 4) is 11.5 Å². The van der Waals surface area contributed by atoms with Gasteiger partial charge in [-0.15, -0.1) is 0 Å². The Morgan fingerprint density at radius 2 is 2.11 bits per heavy atom. The molecular weight excluding hydrogens is 366 g/mol. The molecule has 0 aliphatic carbocycles. The Kier molecular flexibility index (Phi) is 4.62. The Bertz CT molecular complexity index is 828. The van der Waals surface area contributed by atoms with Gasteiger partial charge in [-0.1, -0.05) is 6.07 Å². The molecule has 150 valence electrons. The third-order valence-corrected chi connectivity index (χ3v) is 5.45. The Labute approximate surface area is 162 Å². The van der Waals surface area contributed by atoms with Crippen molar-refractivity contribution in [3.05, 3.63) is 23.8 Å². The second-order valence-corrected chi connectivity index (χ2v) is 7.28. The van der Waals surface area contributed by atoms with Gasteiger partial charge in [0.25, 0.3) is 5.91 Å². The number of nitrogens with zero attached hydrogens (tertiary/aromatic N) is 2. The molecule has 0 radical (unpaired) electrons. The Hall–Kier alpha value is -2.81. The number of likely N-dealkylation sites (N-methyl/N-ethyl adjacent to an activating group) is 1. The van der Waals surface area contributed by atoms with Gasteiger partial charge in [-0.05, 0) is 31.7 Å². The highest BCUT2D eigenvalue weighted by Gasteiger charge is 2.59. The predicted octanol–water partition coefficient (Wildman–Crippen LogP) is 0.688. The van der Waals surface area contributed by atoms with E-state index in [1.54, 1.807) is 6.92 Å². The number of hydrogen-bond acceptors (Lipinski definition) is 7. The van der Waals surface area contributed by atoms with Crippen LogP contribution in [0, 0.1) is 0 Å². The molecule has 9 nitrogen and oxygen atoms in total. The molecule has 0 saturated carbocycles. The van der Waals surface area contributed by atoms with Crippen LogP contribution in [0.5, 0.6) is 11.5 Å². The zero-order chi connectivity index (χ0) is 19.9. The number of urea groups is 1. The van der Waals surface area contributed by atoms with E-state index in [0.717, 1.165) is 10.5 Å². The number of ether oxygens (including phenoxy) is 3. The van der Waals surface area contributed by atoms with Crippen LogP contribution in [0.4, 0.5) is 4.79 Å². The minimum absolute atomic E-state index is 0.00280. The summed E-state index contributed by atoms with van der Waals surface area (Å²) in [5, 5.41) is 2.90. The zero-order valence-electron chi connectivity index (χ0n) is 15.9. The van der Waals surface area contributed by atoms with Crippen LogP contribution in [0.15, 0.2) is 18.2 Å². The van der Waals surface area contributed by atoms with E-state index >= 15 is 0 Å². The molecule has 0 aromatic heterocycles. The monoisotopic (exact) mass is 389 g/mol. The fraction of sp³-hybridized carbons (Fsp3) is 0.526. The summed E-state index contributed by atoms with van der Waals surface area (Å²) < 4.78 is 15.7. The average molecular weight is 389 g/mol. The first-order valence-electron chi connectivity index (χ1n) is 9.32. The van der Waals surface area contributed by atoms with Gasteiger partial charge in [0.05, 0.1) is 13.0 Å². The summed E-state index contributed by atoms with van der Waals surface area (Å²) in [7, 11) is 1.91. The molecule has 3 aliphatic rings. The molecule has 2 saturated heterocycles. The third-order valence-electron chi connectivity index (χ3n) is 5.45. The number of carbonyl (C=O) groups excluding carboxylic acids is 3. The lowest BCUT2D eigenvalue weighted by atomic mass is 9.81. The lowest BCUT2D eigenvalue weighted by Gasteiger charge is -2.28. The molecule has 1 spiro atoms. The fourth-order valence-corrected chi connectivity index (χ4v) is 4.22. The number of benzene rings is 1. The molecular formula is C19H23N3O6. The van der Waals surface area contributed by atoms with Crippen LogP contribution in [-0.4, -0.2) is 73.3 Å². The number of hydrogen-bond donors (Lipinski definition) is 1. The van der Waals surface area contributed by atoms with Crippen molar-refractivity contribution < 1.29 is 28.6 Å². The molecule has 2 fully saturated rings. The van der Waals surface area contributed by atoms with Gasteiger partial charge in [0.2, 0.25) is 6.79 Å². The molecule has 28 heavy (non-hydrogen) atoms. The highest BCUT2D eigenvalue weighted by molar-refractivity contribution is 6.08. The topological polar surface area (TPSA) is 97.4 Å². The number of esters is 1. The van der Waals surface area contributed by atoms with Gasteiger partial charge in [-0.2, -0.15) is 0 Å². The number of carbonyl (C=O) groups is 3. The number of nitrogens with one attached hydrogen (secondary N) is 1. The van der Waals surface area contributed by atoms with Crippen LogP contribution in [0.3, 0.4) is 0 Å². The summed E-state index contributed by atoms with van der Waals surface area (Å²) in [6.45, 7) is 3.16. The van der Waals surface area contributed by atoms with Gasteiger partial charge in [0, 0.05) is 25.6 Å². The van der Waals surface area contributed by atoms with Crippen molar-refractivity contribution in [3.63, 3.8) is 0 Å². The summed E-state index contributed by atoms with van der Waals surface area (Å²) >= 11 is 0. The Morgan fingerprint density at radius 1 is 1.32 bits per heavy atom. The SMILES string of the molecule is CCOC(=O)CCN1C(=O)N[C@]2(CN(C)C[C@H]2c2ccc3c(c2)OCO3)C1=O. The lowest BCUT2D eigenvalue weighted by molar-refractivity contribution is -0.143. The maximum atomic E-state index is 13.3. The Morgan fingerprint density at radius 3 is 2.89 bits per heavy atom. The van der Waals surface area contributed by atoms with Crippen molar-refractivity contribution in [1.82, 2.24) is 15.1 Å². The standard InChI is InChI=1S/C19H23N3O6/c1-3-26-16(23)6-7-22-17(24)19(20-18(22)25)10-21(2)9-13(19)12-4-5-14-15(8-12)28-11-27-14/h4-5,8,13H,3,6-7,9-11H2,1-2H3,(H,20,25)/t13-,19-/m0/s1. The van der Waals surface area contributed by atoms with E-state index in [0.29, 0.717) is 24.6 Å². The smallest absolute Gasteiger partial charge is 0.325 e. The number of fused-ring (bicyclic) bond motifs is 1. The van der Waals surface area contributed by atoms with Crippen molar-refractivity contribution in [2.24, 2.45) is 0 Å². The maximum absolute atomic E-state index is 13.3. The van der Waals surface area contributed by atoms with Crippen LogP contribution in [0.1, 0.15) is 24.8 Å². The summed E-state index contributed by atoms with van der Waals surface area (Å²) in [5.41, 5.74) is -0.164. The average Bonchev–Trinajstić information content (AvgIpc) is 3.31. The first-order valence-corrected chi connectivity index (χ1v) is 9.32. The van der Waals surface area contributed by atoms with E-state index in [-0.39, 0.29) is 38.2 Å². The van der Waals surface area contributed by atoms with E-state index in [4.69, 9.17) is 14.2 Å². The highest BCUT2D eigenvalue weighted by atomic mass is 16.7. The van der Waals surface area contributed by atoms with Gasteiger partial charge in [-0.3, -0.25) is 14.5 Å². The Balaban J connectivity index is 1.59. The normalized spacial score (nSPS) is 26.2. The predicted molar refractivity (Wildman–Crippen MR) is 97.0 cm³/mol. The van der Waals surface area contributed by atoms with E-state index in [2.05, 4.69) is 5.32 Å². The van der Waals surface area contributed by atoms with Gasteiger partial charge in [0.15, 0.2) is 11.5 Å². The molecule has 1 aromatic carbocycles. The number of rotatable bonds is 5. The summed E-state index contributed by atoms with van der Waals surface area (Å²) in [4.78, 5) is 40.6. The second kappa shape index (κ2) is 6.97. The van der Waals surface area contributed by atoms with Crippen LogP contribution in [0.2, 0.25) is 0 Å². The van der Waals surface area contributed by atoms with Gasteiger partial charge in [-0.25, -0.2) is 4.79 Å². The molecule has 3 aliphatic heterocycles. The molecule has 0 unspecified atom stereocenters. The van der Waals surface area contributed by atoms with E-state index in [1.165, 1.54) is 0 Å². The molecule has 2 atom stereocenters. The van der Waals surface area contributed by atoms with Crippen LogP contribution < -0.4 is 14.8 Å². The van der Waals surface area contributed by atoms with Crippen molar-refractivity contribution in [2.75, 3.05) is 40.1 Å². The van der Waals surface area contributed by atoms with Crippen LogP contribution >= 0.6 is 0 Å². The van der Waals surface area contributed by atoms with E-state index < -0.39 is 17.5 Å². The fourth-order valence-electron chi connectivity index (χ4n) is 4.22. The molecule has 3 amide bonds. The minimum atomic E-state index is -1.06. The number of imide groups is 1. The molecule has 0 bridgehead atoms. The van der Waals surface area contributed by atoms with Crippen molar-refractivity contribution in [1.29, 1.82) is 0 Å². The van der Waals surface area contributed by atoms with Gasteiger partial charge >= 0.3 is 12.0 Å². The molecule has 1 N–H and O–H groups in total. The third kappa shape index (κ3) is 2.95. The molecule has 1 aromatic rings. The maximum Gasteiger partial charge on any atom is 0.325 e. The summed E-state index contributed by atoms with van der Waals surface area (Å²) in [5.74, 6) is 0.324. The second-order valence-electron chi connectivity index (χ2n) is 7.28. The van der Waals surface area contributed by atoms with E-state index in [9.17, 15) is 14.4 Å². The zero-order valence-corrected chi connectivity index (χ0v) is 15.9. The quantitative estimate of drug-likeness (QED) is 0.584.